The zero-order valence-electron chi connectivity index (χ0n) is 18.4. The summed E-state index contributed by atoms with van der Waals surface area (Å²) in [4.78, 5) is 12.6. The number of rotatable bonds is 9. The Bertz CT molecular complexity index is 1060. The smallest absolute Gasteiger partial charge is 0.237 e. The van der Waals surface area contributed by atoms with Gasteiger partial charge in [-0.05, 0) is 56.2 Å². The first-order valence-electron chi connectivity index (χ1n) is 10.3. The van der Waals surface area contributed by atoms with Gasteiger partial charge in [-0.2, -0.15) is 0 Å². The molecule has 0 saturated carbocycles. The fraction of sp³-hybridized carbons (Fsp3) is 0.348. The van der Waals surface area contributed by atoms with Gasteiger partial charge in [-0.15, -0.1) is 10.2 Å². The number of amides is 1. The number of nitrogens with zero attached hydrogens (tertiary/aromatic N) is 3. The van der Waals surface area contributed by atoms with E-state index in [9.17, 15) is 13.6 Å². The predicted molar refractivity (Wildman–Crippen MR) is 121 cm³/mol. The van der Waals surface area contributed by atoms with Crippen LogP contribution in [0.2, 0.25) is 0 Å². The predicted octanol–water partition coefficient (Wildman–Crippen LogP) is 5.47. The maximum Gasteiger partial charge on any atom is 0.237 e. The highest BCUT2D eigenvalue weighted by molar-refractivity contribution is 8.00. The van der Waals surface area contributed by atoms with Gasteiger partial charge >= 0.3 is 0 Å². The Hall–Kier alpha value is -2.94. The van der Waals surface area contributed by atoms with Gasteiger partial charge < -0.3 is 14.6 Å². The molecule has 170 valence electrons. The first-order valence-corrected chi connectivity index (χ1v) is 11.2. The highest BCUT2D eigenvalue weighted by atomic mass is 32.2. The van der Waals surface area contributed by atoms with Crippen LogP contribution in [0.5, 0.6) is 5.75 Å². The summed E-state index contributed by atoms with van der Waals surface area (Å²) < 4.78 is 34.9. The van der Waals surface area contributed by atoms with E-state index in [1.54, 1.807) is 31.2 Å². The number of anilines is 1. The van der Waals surface area contributed by atoms with Gasteiger partial charge in [-0.1, -0.05) is 37.7 Å². The number of hydrogen-bond acceptors (Lipinski definition) is 5. The van der Waals surface area contributed by atoms with Crippen LogP contribution in [0.15, 0.2) is 53.7 Å². The molecule has 1 amide bonds. The zero-order valence-corrected chi connectivity index (χ0v) is 19.2. The number of carbonyl (C=O) groups is 1. The Labute approximate surface area is 190 Å². The minimum atomic E-state index is -0.536. The van der Waals surface area contributed by atoms with E-state index in [-0.39, 0.29) is 17.4 Å². The molecule has 3 aromatic rings. The van der Waals surface area contributed by atoms with E-state index < -0.39 is 17.2 Å². The lowest BCUT2D eigenvalue weighted by molar-refractivity contribution is -0.115. The van der Waals surface area contributed by atoms with Crippen LogP contribution in [0.25, 0.3) is 0 Å². The van der Waals surface area contributed by atoms with Gasteiger partial charge in [0.25, 0.3) is 0 Å². The molecule has 0 spiro atoms. The summed E-state index contributed by atoms with van der Waals surface area (Å²) in [5, 5.41) is 11.2. The van der Waals surface area contributed by atoms with E-state index in [1.165, 1.54) is 36.0 Å². The normalized spacial score (nSPS) is 13.1. The number of halogens is 2. The second kappa shape index (κ2) is 10.6. The van der Waals surface area contributed by atoms with E-state index in [2.05, 4.69) is 29.4 Å². The number of nitrogens with one attached hydrogen (secondary N) is 1. The Morgan fingerprint density at radius 3 is 2.41 bits per heavy atom. The topological polar surface area (TPSA) is 69.0 Å². The van der Waals surface area contributed by atoms with Crippen LogP contribution in [0.1, 0.15) is 39.6 Å². The fourth-order valence-corrected chi connectivity index (χ4v) is 3.87. The average Bonchev–Trinajstić information content (AvgIpc) is 3.13. The fourth-order valence-electron chi connectivity index (χ4n) is 3.00. The molecule has 32 heavy (non-hydrogen) atoms. The van der Waals surface area contributed by atoms with Crippen molar-refractivity contribution in [1.29, 1.82) is 0 Å². The molecular weight excluding hydrogens is 434 g/mol. The highest BCUT2D eigenvalue weighted by Crippen LogP contribution is 2.28. The van der Waals surface area contributed by atoms with Crippen molar-refractivity contribution in [2.24, 2.45) is 5.92 Å². The van der Waals surface area contributed by atoms with Gasteiger partial charge in [-0.25, -0.2) is 8.78 Å². The second-order valence-corrected chi connectivity index (χ2v) is 9.10. The van der Waals surface area contributed by atoms with Gasteiger partial charge in [-0.3, -0.25) is 4.79 Å². The first kappa shape index (κ1) is 23.7. The summed E-state index contributed by atoms with van der Waals surface area (Å²) in [5.74, 6) is 0.252. The van der Waals surface area contributed by atoms with Crippen LogP contribution in [-0.2, 0) is 11.3 Å². The van der Waals surface area contributed by atoms with Crippen LogP contribution in [-0.4, -0.2) is 25.9 Å². The lowest BCUT2D eigenvalue weighted by Gasteiger charge is -2.18. The number of para-hydroxylation sites is 1. The monoisotopic (exact) mass is 460 g/mol. The van der Waals surface area contributed by atoms with Crippen molar-refractivity contribution in [2.45, 2.75) is 50.8 Å². The van der Waals surface area contributed by atoms with E-state index in [4.69, 9.17) is 4.74 Å². The minimum absolute atomic E-state index is 0.135. The third-order valence-electron chi connectivity index (χ3n) is 4.57. The summed E-state index contributed by atoms with van der Waals surface area (Å²) in [6.07, 6.45) is -0.441. The Balaban J connectivity index is 1.75. The summed E-state index contributed by atoms with van der Waals surface area (Å²) in [5.41, 5.74) is 0.135. The third-order valence-corrected chi connectivity index (χ3v) is 5.65. The summed E-state index contributed by atoms with van der Waals surface area (Å²) in [6.45, 7) is 8.33. The van der Waals surface area contributed by atoms with E-state index >= 15 is 0 Å². The van der Waals surface area contributed by atoms with E-state index in [0.717, 1.165) is 0 Å². The summed E-state index contributed by atoms with van der Waals surface area (Å²) in [7, 11) is 0. The van der Waals surface area contributed by atoms with Crippen molar-refractivity contribution in [3.05, 3.63) is 66.0 Å². The first-order chi connectivity index (χ1) is 15.2. The molecular formula is C23H26F2N4O2S. The summed E-state index contributed by atoms with van der Waals surface area (Å²) in [6, 6.07) is 11.8. The van der Waals surface area contributed by atoms with E-state index in [1.807, 2.05) is 11.5 Å². The average molecular weight is 461 g/mol. The molecule has 9 heteroatoms. The molecule has 0 aliphatic rings. The number of benzene rings is 2. The van der Waals surface area contributed by atoms with Gasteiger partial charge in [0.2, 0.25) is 5.91 Å². The van der Waals surface area contributed by atoms with Crippen LogP contribution < -0.4 is 10.1 Å². The van der Waals surface area contributed by atoms with Crippen molar-refractivity contribution >= 4 is 23.4 Å². The minimum Gasteiger partial charge on any atom is -0.483 e. The van der Waals surface area contributed by atoms with Crippen LogP contribution in [0.4, 0.5) is 14.5 Å². The van der Waals surface area contributed by atoms with Crippen LogP contribution >= 0.6 is 11.8 Å². The van der Waals surface area contributed by atoms with Crippen molar-refractivity contribution in [2.75, 3.05) is 5.32 Å². The SMILES string of the molecule is CC(C)Cn1c(SC(C)C(=O)Nc2ccccc2F)nnc1C(C)Oc1ccc(F)cc1. The number of ether oxygens (including phenoxy) is 1. The Kier molecular flexibility index (Phi) is 7.84. The lowest BCUT2D eigenvalue weighted by Crippen LogP contribution is -2.24. The maximum atomic E-state index is 13.9. The van der Waals surface area contributed by atoms with E-state index in [0.29, 0.717) is 29.2 Å². The molecule has 0 aliphatic carbocycles. The number of hydrogen-bond donors (Lipinski definition) is 1. The summed E-state index contributed by atoms with van der Waals surface area (Å²) >= 11 is 1.24. The molecule has 1 N–H and O–H groups in total. The van der Waals surface area contributed by atoms with Crippen molar-refractivity contribution < 1.29 is 18.3 Å². The van der Waals surface area contributed by atoms with Gasteiger partial charge in [0.1, 0.15) is 17.4 Å². The van der Waals surface area contributed by atoms with Crippen molar-refractivity contribution in [3.8, 4) is 5.75 Å². The number of aromatic nitrogens is 3. The highest BCUT2D eigenvalue weighted by Gasteiger charge is 2.24. The molecule has 1 heterocycles. The van der Waals surface area contributed by atoms with Crippen LogP contribution in [0.3, 0.4) is 0 Å². The molecule has 0 aliphatic heterocycles. The molecule has 0 bridgehead atoms. The standard InChI is InChI=1S/C23H26F2N4O2S/c1-14(2)13-29-21(15(3)31-18-11-9-17(24)10-12-18)27-28-23(29)32-16(4)22(30)26-20-8-6-5-7-19(20)25/h5-12,14-16H,13H2,1-4H3,(H,26,30). The third kappa shape index (κ3) is 6.06. The molecule has 6 nitrogen and oxygen atoms in total. The number of carbonyl (C=O) groups excluding carboxylic acids is 1. The Morgan fingerprint density at radius 1 is 1.06 bits per heavy atom. The Morgan fingerprint density at radius 2 is 1.75 bits per heavy atom. The molecule has 2 aromatic carbocycles. The molecule has 0 saturated heterocycles. The van der Waals surface area contributed by atoms with Crippen molar-refractivity contribution in [1.82, 2.24) is 14.8 Å². The zero-order chi connectivity index (χ0) is 23.3. The molecule has 1 aromatic heterocycles. The molecule has 2 unspecified atom stereocenters. The van der Waals surface area contributed by atoms with Crippen LogP contribution in [0, 0.1) is 17.6 Å². The second-order valence-electron chi connectivity index (χ2n) is 7.79. The molecule has 0 fully saturated rings. The molecule has 0 radical (unpaired) electrons. The quantitative estimate of drug-likeness (QED) is 0.429. The molecule has 2 atom stereocenters. The largest absolute Gasteiger partial charge is 0.483 e. The molecule has 3 rings (SSSR count). The van der Waals surface area contributed by atoms with Gasteiger partial charge in [0.05, 0.1) is 10.9 Å². The lowest BCUT2D eigenvalue weighted by atomic mass is 10.2. The van der Waals surface area contributed by atoms with Gasteiger partial charge in [0, 0.05) is 6.54 Å². The van der Waals surface area contributed by atoms with Gasteiger partial charge in [0.15, 0.2) is 17.1 Å². The maximum absolute atomic E-state index is 13.9. The van der Waals surface area contributed by atoms with Crippen molar-refractivity contribution in [3.63, 3.8) is 0 Å². The number of thioether (sulfide) groups is 1.